The van der Waals surface area contributed by atoms with Crippen LogP contribution in [0.2, 0.25) is 0 Å². The zero-order chi connectivity index (χ0) is 16.6. The van der Waals surface area contributed by atoms with Gasteiger partial charge in [-0.2, -0.15) is 0 Å². The fraction of sp³-hybridized carbons (Fsp3) is 0.357. The third kappa shape index (κ3) is 3.66. The van der Waals surface area contributed by atoms with E-state index in [4.69, 9.17) is 0 Å². The summed E-state index contributed by atoms with van der Waals surface area (Å²) in [6, 6.07) is 4.59. The van der Waals surface area contributed by atoms with Crippen molar-refractivity contribution in [3.05, 3.63) is 39.0 Å². The summed E-state index contributed by atoms with van der Waals surface area (Å²) >= 11 is 4.34. The number of amides is 1. The Morgan fingerprint density at radius 3 is 2.96 bits per heavy atom. The molecule has 1 fully saturated rings. The molecule has 6 nitrogen and oxygen atoms in total. The van der Waals surface area contributed by atoms with Crippen LogP contribution in [0.5, 0.6) is 0 Å². The van der Waals surface area contributed by atoms with Crippen LogP contribution in [0.15, 0.2) is 32.6 Å². The number of aromatic amines is 1. The van der Waals surface area contributed by atoms with Crippen LogP contribution in [0.25, 0.3) is 0 Å². The predicted molar refractivity (Wildman–Crippen MR) is 89.2 cm³/mol. The van der Waals surface area contributed by atoms with Crippen molar-refractivity contribution < 1.29 is 9.18 Å². The Hall–Kier alpha value is -1.61. The van der Waals surface area contributed by atoms with Crippen LogP contribution in [-0.4, -0.2) is 25.9 Å². The summed E-state index contributed by atoms with van der Waals surface area (Å²) < 4.78 is 15.9. The summed E-state index contributed by atoms with van der Waals surface area (Å²) in [5.41, 5.74) is -0.145. The fourth-order valence-corrected chi connectivity index (χ4v) is 3.32. The number of hydrogen-bond acceptors (Lipinski definition) is 4. The van der Waals surface area contributed by atoms with Gasteiger partial charge in [0.15, 0.2) is 5.16 Å². The molecule has 1 aliphatic carbocycles. The molecule has 0 saturated heterocycles. The molecule has 0 spiro atoms. The molecule has 0 radical (unpaired) electrons. The zero-order valence-electron chi connectivity index (χ0n) is 12.2. The number of halogens is 2. The van der Waals surface area contributed by atoms with E-state index >= 15 is 0 Å². The monoisotopic (exact) mass is 400 g/mol. The van der Waals surface area contributed by atoms with Crippen molar-refractivity contribution in [2.75, 3.05) is 5.32 Å². The zero-order valence-corrected chi connectivity index (χ0v) is 14.6. The van der Waals surface area contributed by atoms with Crippen LogP contribution in [0.4, 0.5) is 10.1 Å². The van der Waals surface area contributed by atoms with E-state index in [2.05, 4.69) is 31.4 Å². The first kappa shape index (κ1) is 16.3. The molecule has 0 unspecified atom stereocenters. The Labute approximate surface area is 144 Å². The third-order valence-corrected chi connectivity index (χ3v) is 4.98. The lowest BCUT2D eigenvalue weighted by atomic mass is 10.3. The Morgan fingerprint density at radius 1 is 1.57 bits per heavy atom. The quantitative estimate of drug-likeness (QED) is 0.756. The molecule has 0 bridgehead atoms. The van der Waals surface area contributed by atoms with Crippen LogP contribution < -0.4 is 11.0 Å². The van der Waals surface area contributed by atoms with Crippen molar-refractivity contribution in [3.63, 3.8) is 0 Å². The lowest BCUT2D eigenvalue weighted by molar-refractivity contribution is -0.115. The first-order chi connectivity index (χ1) is 11.0. The number of thioether (sulfide) groups is 1. The minimum absolute atomic E-state index is 0.118. The van der Waals surface area contributed by atoms with E-state index in [1.165, 1.54) is 23.9 Å². The SMILES string of the molecule is C[C@@H](Sc1n[nH]c(=O)n1C1CC1)C(=O)Nc1ccc(Br)cc1F. The third-order valence-electron chi connectivity index (χ3n) is 3.42. The smallest absolute Gasteiger partial charge is 0.323 e. The number of carbonyl (C=O) groups excluding carboxylic acids is 1. The van der Waals surface area contributed by atoms with E-state index in [0.29, 0.717) is 9.63 Å². The lowest BCUT2D eigenvalue weighted by Gasteiger charge is -2.12. The van der Waals surface area contributed by atoms with Gasteiger partial charge >= 0.3 is 5.69 Å². The number of nitrogens with zero attached hydrogens (tertiary/aromatic N) is 2. The molecule has 1 aliphatic rings. The molecular formula is C14H14BrFN4O2S. The van der Waals surface area contributed by atoms with Gasteiger partial charge in [-0.1, -0.05) is 27.7 Å². The maximum Gasteiger partial charge on any atom is 0.344 e. The molecule has 1 aromatic carbocycles. The summed E-state index contributed by atoms with van der Waals surface area (Å²) in [6.45, 7) is 1.69. The normalized spacial score (nSPS) is 15.4. The maximum atomic E-state index is 13.8. The summed E-state index contributed by atoms with van der Waals surface area (Å²) in [4.78, 5) is 23.9. The molecular weight excluding hydrogens is 387 g/mol. The number of nitrogens with one attached hydrogen (secondary N) is 2. The fourth-order valence-electron chi connectivity index (χ4n) is 2.06. The summed E-state index contributed by atoms with van der Waals surface area (Å²) in [5.74, 6) is -0.867. The molecule has 9 heteroatoms. The lowest BCUT2D eigenvalue weighted by Crippen LogP contribution is -2.24. The van der Waals surface area contributed by atoms with Crippen LogP contribution in [0, 0.1) is 5.82 Å². The maximum absolute atomic E-state index is 13.8. The molecule has 0 aliphatic heterocycles. The van der Waals surface area contributed by atoms with Crippen LogP contribution in [0.3, 0.4) is 0 Å². The minimum atomic E-state index is -0.522. The first-order valence-corrected chi connectivity index (χ1v) is 8.72. The molecule has 23 heavy (non-hydrogen) atoms. The second-order valence-corrected chi connectivity index (χ2v) is 7.51. The standard InChI is InChI=1S/C14H14BrFN4O2S/c1-7(12(21)17-11-5-2-8(15)6-10(11)16)23-14-19-18-13(22)20(14)9-3-4-9/h2,5-7,9H,3-4H2,1H3,(H,17,21)(H,18,22)/t7-/m1/s1. The van der Waals surface area contributed by atoms with E-state index in [-0.39, 0.29) is 23.3 Å². The number of rotatable bonds is 5. The molecule has 122 valence electrons. The Morgan fingerprint density at radius 2 is 2.30 bits per heavy atom. The van der Waals surface area contributed by atoms with Gasteiger partial charge in [0.25, 0.3) is 0 Å². The van der Waals surface area contributed by atoms with Gasteiger partial charge in [-0.15, -0.1) is 5.10 Å². The molecule has 2 N–H and O–H groups in total. The first-order valence-electron chi connectivity index (χ1n) is 7.05. The van der Waals surface area contributed by atoms with E-state index in [1.54, 1.807) is 17.6 Å². The highest BCUT2D eigenvalue weighted by atomic mass is 79.9. The van der Waals surface area contributed by atoms with Gasteiger partial charge in [-0.3, -0.25) is 9.36 Å². The van der Waals surface area contributed by atoms with Crippen LogP contribution >= 0.6 is 27.7 Å². The molecule has 3 rings (SSSR count). The van der Waals surface area contributed by atoms with Gasteiger partial charge in [0.1, 0.15) is 5.82 Å². The van der Waals surface area contributed by atoms with Crippen molar-refractivity contribution in [1.82, 2.24) is 14.8 Å². The number of benzene rings is 1. The second-order valence-electron chi connectivity index (χ2n) is 5.29. The largest absolute Gasteiger partial charge is 0.344 e. The van der Waals surface area contributed by atoms with Crippen molar-refractivity contribution in [3.8, 4) is 0 Å². The van der Waals surface area contributed by atoms with E-state index in [1.807, 2.05) is 0 Å². The van der Waals surface area contributed by atoms with Crippen LogP contribution in [-0.2, 0) is 4.79 Å². The van der Waals surface area contributed by atoms with Crippen molar-refractivity contribution in [1.29, 1.82) is 0 Å². The molecule has 1 saturated carbocycles. The average molecular weight is 401 g/mol. The molecule has 1 aromatic heterocycles. The molecule has 1 amide bonds. The number of H-pyrrole nitrogens is 1. The van der Waals surface area contributed by atoms with E-state index < -0.39 is 11.1 Å². The molecule has 2 aromatic rings. The van der Waals surface area contributed by atoms with Gasteiger partial charge in [0.2, 0.25) is 5.91 Å². The number of anilines is 1. The number of carbonyl (C=O) groups is 1. The van der Waals surface area contributed by atoms with Crippen LogP contribution in [0.1, 0.15) is 25.8 Å². The van der Waals surface area contributed by atoms with Gasteiger partial charge in [-0.25, -0.2) is 14.3 Å². The molecule has 1 atom stereocenters. The van der Waals surface area contributed by atoms with Gasteiger partial charge in [0, 0.05) is 10.5 Å². The topological polar surface area (TPSA) is 79.8 Å². The second kappa shape index (κ2) is 6.48. The Balaban J connectivity index is 1.69. The average Bonchev–Trinajstić information content (AvgIpc) is 3.26. The number of aromatic nitrogens is 3. The Bertz CT molecular complexity index is 802. The highest BCUT2D eigenvalue weighted by molar-refractivity contribution is 9.10. The van der Waals surface area contributed by atoms with Gasteiger partial charge in [0.05, 0.1) is 10.9 Å². The van der Waals surface area contributed by atoms with Crippen molar-refractivity contribution in [2.24, 2.45) is 0 Å². The van der Waals surface area contributed by atoms with Crippen molar-refractivity contribution in [2.45, 2.75) is 36.2 Å². The summed E-state index contributed by atoms with van der Waals surface area (Å²) in [6.07, 6.45) is 1.88. The van der Waals surface area contributed by atoms with Gasteiger partial charge < -0.3 is 5.32 Å². The summed E-state index contributed by atoms with van der Waals surface area (Å²) in [7, 11) is 0. The molecule has 1 heterocycles. The highest BCUT2D eigenvalue weighted by Gasteiger charge is 2.30. The number of hydrogen-bond donors (Lipinski definition) is 2. The highest BCUT2D eigenvalue weighted by Crippen LogP contribution is 2.36. The minimum Gasteiger partial charge on any atom is -0.323 e. The van der Waals surface area contributed by atoms with E-state index in [9.17, 15) is 14.0 Å². The van der Waals surface area contributed by atoms with E-state index in [0.717, 1.165) is 12.8 Å². The Kier molecular flexibility index (Phi) is 4.58. The van der Waals surface area contributed by atoms with Gasteiger partial charge in [-0.05, 0) is 38.0 Å². The summed E-state index contributed by atoms with van der Waals surface area (Å²) in [5, 5.41) is 8.88. The predicted octanol–water partition coefficient (Wildman–Crippen LogP) is 2.93. The van der Waals surface area contributed by atoms with Crippen molar-refractivity contribution >= 4 is 39.3 Å².